The van der Waals surface area contributed by atoms with Crippen LogP contribution in [0.15, 0.2) is 36.4 Å². The van der Waals surface area contributed by atoms with Gasteiger partial charge in [-0.25, -0.2) is 0 Å². The second kappa shape index (κ2) is 10.5. The molecular weight excluding hydrogens is 288 g/mol. The zero-order valence-electron chi connectivity index (χ0n) is 14.5. The SMILES string of the molecule is C/C=C/CC#CCOC(=O)C(c1ccc(OCC)cc1)C(C)C. The summed E-state index contributed by atoms with van der Waals surface area (Å²) in [6, 6.07) is 7.63. The van der Waals surface area contributed by atoms with Crippen LogP contribution in [0.3, 0.4) is 0 Å². The van der Waals surface area contributed by atoms with Crippen LogP contribution in [0.4, 0.5) is 0 Å². The first-order valence-electron chi connectivity index (χ1n) is 8.06. The van der Waals surface area contributed by atoms with Gasteiger partial charge in [-0.05, 0) is 37.5 Å². The van der Waals surface area contributed by atoms with Crippen molar-refractivity contribution in [1.82, 2.24) is 0 Å². The van der Waals surface area contributed by atoms with Crippen LogP contribution in [0.2, 0.25) is 0 Å². The van der Waals surface area contributed by atoms with Gasteiger partial charge in [0.1, 0.15) is 5.75 Å². The van der Waals surface area contributed by atoms with Gasteiger partial charge < -0.3 is 9.47 Å². The maximum Gasteiger partial charge on any atom is 0.314 e. The van der Waals surface area contributed by atoms with E-state index in [1.807, 2.05) is 64.1 Å². The highest BCUT2D eigenvalue weighted by molar-refractivity contribution is 5.78. The molecule has 0 amide bonds. The van der Waals surface area contributed by atoms with E-state index in [1.165, 1.54) is 0 Å². The van der Waals surface area contributed by atoms with Crippen molar-refractivity contribution in [1.29, 1.82) is 0 Å². The number of hydrogen-bond donors (Lipinski definition) is 0. The van der Waals surface area contributed by atoms with E-state index in [1.54, 1.807) is 0 Å². The predicted octanol–water partition coefficient (Wildman–Crippen LogP) is 4.34. The van der Waals surface area contributed by atoms with Crippen LogP contribution >= 0.6 is 0 Å². The van der Waals surface area contributed by atoms with Crippen LogP contribution in [0.25, 0.3) is 0 Å². The number of carbonyl (C=O) groups is 1. The summed E-state index contributed by atoms with van der Waals surface area (Å²) in [5.74, 6) is 6.23. The summed E-state index contributed by atoms with van der Waals surface area (Å²) in [6.45, 7) is 8.68. The Kier molecular flexibility index (Phi) is 8.60. The van der Waals surface area contributed by atoms with Crippen LogP contribution in [0.5, 0.6) is 5.75 Å². The largest absolute Gasteiger partial charge is 0.494 e. The summed E-state index contributed by atoms with van der Waals surface area (Å²) in [7, 11) is 0. The first-order chi connectivity index (χ1) is 11.1. The van der Waals surface area contributed by atoms with Gasteiger partial charge in [-0.15, -0.1) is 0 Å². The smallest absolute Gasteiger partial charge is 0.314 e. The van der Waals surface area contributed by atoms with E-state index in [0.717, 1.165) is 11.3 Å². The van der Waals surface area contributed by atoms with Gasteiger partial charge in [0.25, 0.3) is 0 Å². The number of rotatable bonds is 7. The fraction of sp³-hybridized carbons (Fsp3) is 0.450. The third-order valence-electron chi connectivity index (χ3n) is 3.34. The zero-order chi connectivity index (χ0) is 17.1. The second-order valence-corrected chi connectivity index (χ2v) is 5.46. The Morgan fingerprint density at radius 1 is 1.22 bits per heavy atom. The topological polar surface area (TPSA) is 35.5 Å². The Morgan fingerprint density at radius 2 is 1.91 bits per heavy atom. The molecule has 0 aliphatic rings. The van der Waals surface area contributed by atoms with Gasteiger partial charge in [0.15, 0.2) is 6.61 Å². The third kappa shape index (κ3) is 6.61. The van der Waals surface area contributed by atoms with Crippen molar-refractivity contribution < 1.29 is 14.3 Å². The van der Waals surface area contributed by atoms with Gasteiger partial charge in [-0.2, -0.15) is 0 Å². The molecule has 23 heavy (non-hydrogen) atoms. The minimum absolute atomic E-state index is 0.136. The van der Waals surface area contributed by atoms with Gasteiger partial charge in [-0.3, -0.25) is 4.79 Å². The lowest BCUT2D eigenvalue weighted by molar-refractivity contribution is -0.145. The van der Waals surface area contributed by atoms with Gasteiger partial charge in [0.2, 0.25) is 0 Å². The van der Waals surface area contributed by atoms with E-state index < -0.39 is 0 Å². The molecule has 0 aliphatic carbocycles. The van der Waals surface area contributed by atoms with Gasteiger partial charge in [-0.1, -0.05) is 50.0 Å². The lowest BCUT2D eigenvalue weighted by Crippen LogP contribution is -2.21. The van der Waals surface area contributed by atoms with Crippen LogP contribution in [0.1, 0.15) is 45.6 Å². The maximum atomic E-state index is 12.3. The highest BCUT2D eigenvalue weighted by Gasteiger charge is 2.25. The lowest BCUT2D eigenvalue weighted by atomic mass is 9.88. The molecule has 0 saturated heterocycles. The van der Waals surface area contributed by atoms with Crippen LogP contribution in [-0.2, 0) is 9.53 Å². The minimum atomic E-state index is -0.289. The van der Waals surface area contributed by atoms with E-state index in [4.69, 9.17) is 9.47 Å². The van der Waals surface area contributed by atoms with Crippen molar-refractivity contribution in [2.45, 2.75) is 40.0 Å². The van der Waals surface area contributed by atoms with Crippen molar-refractivity contribution in [3.8, 4) is 17.6 Å². The summed E-state index contributed by atoms with van der Waals surface area (Å²) in [6.07, 6.45) is 4.59. The summed E-state index contributed by atoms with van der Waals surface area (Å²) < 4.78 is 10.7. The van der Waals surface area contributed by atoms with Gasteiger partial charge >= 0.3 is 5.97 Å². The lowest BCUT2D eigenvalue weighted by Gasteiger charge is -2.19. The maximum absolute atomic E-state index is 12.3. The summed E-state index contributed by atoms with van der Waals surface area (Å²) in [5.41, 5.74) is 0.940. The summed E-state index contributed by atoms with van der Waals surface area (Å²) in [5, 5.41) is 0. The first kappa shape index (κ1) is 18.8. The molecule has 0 aromatic heterocycles. The molecule has 0 spiro atoms. The molecule has 0 aliphatic heterocycles. The Balaban J connectivity index is 2.69. The van der Waals surface area contributed by atoms with Crippen LogP contribution < -0.4 is 4.74 Å². The Hall–Kier alpha value is -2.21. The molecule has 0 fully saturated rings. The fourth-order valence-electron chi connectivity index (χ4n) is 2.23. The molecule has 0 bridgehead atoms. The van der Waals surface area contributed by atoms with E-state index >= 15 is 0 Å². The minimum Gasteiger partial charge on any atom is -0.494 e. The normalized spacial score (nSPS) is 11.9. The van der Waals surface area contributed by atoms with Crippen molar-refractivity contribution in [3.63, 3.8) is 0 Å². The number of ether oxygens (including phenoxy) is 2. The molecule has 0 saturated carbocycles. The average molecular weight is 314 g/mol. The molecule has 1 rings (SSSR count). The Labute approximate surface area is 139 Å². The van der Waals surface area contributed by atoms with Crippen LogP contribution in [-0.4, -0.2) is 19.2 Å². The molecule has 3 nitrogen and oxygen atoms in total. The molecule has 0 radical (unpaired) electrons. The van der Waals surface area contributed by atoms with Crippen molar-refractivity contribution in [2.24, 2.45) is 5.92 Å². The van der Waals surface area contributed by atoms with E-state index in [-0.39, 0.29) is 24.4 Å². The monoisotopic (exact) mass is 314 g/mol. The van der Waals surface area contributed by atoms with Crippen molar-refractivity contribution in [2.75, 3.05) is 13.2 Å². The number of carbonyl (C=O) groups excluding carboxylic acids is 1. The quantitative estimate of drug-likeness (QED) is 0.427. The molecule has 1 aromatic carbocycles. The van der Waals surface area contributed by atoms with E-state index in [9.17, 15) is 4.79 Å². The summed E-state index contributed by atoms with van der Waals surface area (Å²) in [4.78, 5) is 12.3. The Bertz CT molecular complexity index is 559. The van der Waals surface area contributed by atoms with E-state index in [0.29, 0.717) is 13.0 Å². The molecular formula is C20H26O3. The summed E-state index contributed by atoms with van der Waals surface area (Å²) >= 11 is 0. The first-order valence-corrected chi connectivity index (χ1v) is 8.06. The molecule has 3 heteroatoms. The molecule has 1 atom stereocenters. The fourth-order valence-corrected chi connectivity index (χ4v) is 2.23. The Morgan fingerprint density at radius 3 is 2.48 bits per heavy atom. The third-order valence-corrected chi connectivity index (χ3v) is 3.34. The molecule has 0 N–H and O–H groups in total. The van der Waals surface area contributed by atoms with Gasteiger partial charge in [0.05, 0.1) is 12.5 Å². The number of benzene rings is 1. The van der Waals surface area contributed by atoms with Crippen molar-refractivity contribution in [3.05, 3.63) is 42.0 Å². The highest BCUT2D eigenvalue weighted by Crippen LogP contribution is 2.27. The van der Waals surface area contributed by atoms with Crippen molar-refractivity contribution >= 4 is 5.97 Å². The van der Waals surface area contributed by atoms with Gasteiger partial charge in [0, 0.05) is 6.42 Å². The number of allylic oxidation sites excluding steroid dienone is 2. The van der Waals surface area contributed by atoms with E-state index in [2.05, 4.69) is 11.8 Å². The molecule has 1 unspecified atom stereocenters. The molecule has 124 valence electrons. The average Bonchev–Trinajstić information content (AvgIpc) is 2.52. The highest BCUT2D eigenvalue weighted by atomic mass is 16.5. The second-order valence-electron chi connectivity index (χ2n) is 5.46. The zero-order valence-corrected chi connectivity index (χ0v) is 14.5. The number of esters is 1. The number of hydrogen-bond acceptors (Lipinski definition) is 3. The standard InChI is InChI=1S/C20H26O3/c1-5-7-8-9-10-15-23-20(21)19(16(3)4)17-11-13-18(14-12-17)22-6-2/h5,7,11-14,16,19H,6,8,15H2,1-4H3/b7-5+. The predicted molar refractivity (Wildman–Crippen MR) is 93.4 cm³/mol. The van der Waals surface area contributed by atoms with Crippen LogP contribution in [0, 0.1) is 17.8 Å². The molecule has 1 aromatic rings. The molecule has 0 heterocycles.